The molecule has 0 unspecified atom stereocenters. The number of rotatable bonds is 7. The van der Waals surface area contributed by atoms with E-state index >= 15 is 0 Å². The lowest BCUT2D eigenvalue weighted by atomic mass is 9.94. The molecule has 0 radical (unpaired) electrons. The summed E-state index contributed by atoms with van der Waals surface area (Å²) in [6.07, 6.45) is 3.83. The second-order valence-corrected chi connectivity index (χ2v) is 4.54. The van der Waals surface area contributed by atoms with Gasteiger partial charge in [0.15, 0.2) is 0 Å². The van der Waals surface area contributed by atoms with Crippen molar-refractivity contribution in [3.8, 4) is 0 Å². The first kappa shape index (κ1) is 14.3. The lowest BCUT2D eigenvalue weighted by Crippen LogP contribution is -2.37. The van der Waals surface area contributed by atoms with Crippen LogP contribution in [0.5, 0.6) is 0 Å². The number of aliphatic hydroxyl groups excluding tert-OH is 1. The van der Waals surface area contributed by atoms with Gasteiger partial charge in [-0.25, -0.2) is 4.79 Å². The highest BCUT2D eigenvalue weighted by Crippen LogP contribution is 2.20. The molecule has 0 aromatic heterocycles. The van der Waals surface area contributed by atoms with Crippen LogP contribution in [0.1, 0.15) is 32.1 Å². The summed E-state index contributed by atoms with van der Waals surface area (Å²) in [5.74, 6) is 0.600. The Hall–Kier alpha value is -0.810. The maximum atomic E-state index is 10.7. The molecule has 1 saturated heterocycles. The van der Waals surface area contributed by atoms with Gasteiger partial charge < -0.3 is 19.8 Å². The Morgan fingerprint density at radius 1 is 1.24 bits per heavy atom. The summed E-state index contributed by atoms with van der Waals surface area (Å²) in [4.78, 5) is 12.2. The number of nitrogens with zero attached hydrogens (tertiary/aromatic N) is 1. The van der Waals surface area contributed by atoms with E-state index in [1.807, 2.05) is 0 Å². The van der Waals surface area contributed by atoms with Crippen molar-refractivity contribution in [1.29, 1.82) is 0 Å². The third-order valence-electron chi connectivity index (χ3n) is 3.25. The second-order valence-electron chi connectivity index (χ2n) is 4.54. The topological polar surface area (TPSA) is 70.0 Å². The van der Waals surface area contributed by atoms with E-state index in [2.05, 4.69) is 0 Å². The maximum absolute atomic E-state index is 10.7. The van der Waals surface area contributed by atoms with Gasteiger partial charge in [-0.3, -0.25) is 0 Å². The van der Waals surface area contributed by atoms with Crippen LogP contribution < -0.4 is 0 Å². The molecule has 17 heavy (non-hydrogen) atoms. The Bertz CT molecular complexity index is 215. The van der Waals surface area contributed by atoms with Gasteiger partial charge in [-0.2, -0.15) is 0 Å². The fourth-order valence-corrected chi connectivity index (χ4v) is 2.08. The van der Waals surface area contributed by atoms with Crippen LogP contribution in [0.2, 0.25) is 0 Å². The number of ether oxygens (including phenoxy) is 1. The van der Waals surface area contributed by atoms with Gasteiger partial charge in [-0.1, -0.05) is 0 Å². The Morgan fingerprint density at radius 2 is 1.94 bits per heavy atom. The molecule has 1 heterocycles. The molecule has 1 fully saturated rings. The van der Waals surface area contributed by atoms with Crippen LogP contribution in [0, 0.1) is 5.92 Å². The summed E-state index contributed by atoms with van der Waals surface area (Å²) in [7, 11) is 0. The normalized spacial score (nSPS) is 17.4. The number of hydrogen-bond acceptors (Lipinski definition) is 3. The van der Waals surface area contributed by atoms with Crippen LogP contribution in [0.3, 0.4) is 0 Å². The van der Waals surface area contributed by atoms with Gasteiger partial charge in [0.25, 0.3) is 0 Å². The fraction of sp³-hybridized carbons (Fsp3) is 0.917. The van der Waals surface area contributed by atoms with E-state index < -0.39 is 6.09 Å². The lowest BCUT2D eigenvalue weighted by Gasteiger charge is -2.29. The number of likely N-dealkylation sites (tertiary alicyclic amines) is 1. The molecular formula is C12H23NO4. The minimum atomic E-state index is -0.802. The van der Waals surface area contributed by atoms with Crippen LogP contribution >= 0.6 is 0 Å². The molecule has 0 saturated carbocycles. The zero-order valence-electron chi connectivity index (χ0n) is 10.3. The van der Waals surface area contributed by atoms with Crippen molar-refractivity contribution in [3.63, 3.8) is 0 Å². The Labute approximate surface area is 102 Å². The standard InChI is InChI=1S/C12H23NO4/c14-8-1-2-9-17-10-5-11-3-6-13(7-4-11)12(15)16/h11,14H,1-10H2,(H,15,16). The van der Waals surface area contributed by atoms with Crippen molar-refractivity contribution >= 4 is 6.09 Å². The summed E-state index contributed by atoms with van der Waals surface area (Å²) in [5.41, 5.74) is 0. The summed E-state index contributed by atoms with van der Waals surface area (Å²) in [6, 6.07) is 0. The zero-order valence-corrected chi connectivity index (χ0v) is 10.3. The SMILES string of the molecule is O=C(O)N1CCC(CCOCCCCO)CC1. The van der Waals surface area contributed by atoms with Crippen LogP contribution in [-0.4, -0.2) is 54.1 Å². The molecule has 100 valence electrons. The molecule has 0 bridgehead atoms. The average molecular weight is 245 g/mol. The van der Waals surface area contributed by atoms with Gasteiger partial charge in [0, 0.05) is 32.9 Å². The number of aliphatic hydroxyl groups is 1. The monoisotopic (exact) mass is 245 g/mol. The zero-order chi connectivity index (χ0) is 12.5. The first-order valence-corrected chi connectivity index (χ1v) is 6.40. The van der Waals surface area contributed by atoms with Gasteiger partial charge in [0.1, 0.15) is 0 Å². The van der Waals surface area contributed by atoms with Crippen LogP contribution in [0.4, 0.5) is 4.79 Å². The molecule has 0 aromatic carbocycles. The molecule has 5 nitrogen and oxygen atoms in total. The highest BCUT2D eigenvalue weighted by molar-refractivity contribution is 5.64. The molecule has 0 aliphatic carbocycles. The smallest absolute Gasteiger partial charge is 0.407 e. The van der Waals surface area contributed by atoms with Crippen LogP contribution in [-0.2, 0) is 4.74 Å². The highest BCUT2D eigenvalue weighted by atomic mass is 16.5. The lowest BCUT2D eigenvalue weighted by molar-refractivity contribution is 0.0917. The first-order valence-electron chi connectivity index (χ1n) is 6.40. The van der Waals surface area contributed by atoms with Crippen molar-refractivity contribution in [1.82, 2.24) is 4.90 Å². The number of carbonyl (C=O) groups is 1. The van der Waals surface area contributed by atoms with E-state index in [1.165, 1.54) is 4.90 Å². The molecule has 0 atom stereocenters. The maximum Gasteiger partial charge on any atom is 0.407 e. The summed E-state index contributed by atoms with van der Waals surface area (Å²) >= 11 is 0. The first-order chi connectivity index (χ1) is 8.24. The predicted octanol–water partition coefficient (Wildman–Crippen LogP) is 1.56. The van der Waals surface area contributed by atoms with Gasteiger partial charge in [0.2, 0.25) is 0 Å². The van der Waals surface area contributed by atoms with E-state index in [-0.39, 0.29) is 6.61 Å². The van der Waals surface area contributed by atoms with E-state index in [9.17, 15) is 4.79 Å². The third kappa shape index (κ3) is 5.89. The average Bonchev–Trinajstić information content (AvgIpc) is 2.34. The quantitative estimate of drug-likeness (QED) is 0.668. The number of amides is 1. The summed E-state index contributed by atoms with van der Waals surface area (Å²) in [6.45, 7) is 3.02. The van der Waals surface area contributed by atoms with Crippen molar-refractivity contribution < 1.29 is 19.7 Å². The fourth-order valence-electron chi connectivity index (χ4n) is 2.08. The van der Waals surface area contributed by atoms with E-state index in [0.717, 1.165) is 38.7 Å². The molecule has 1 aliphatic heterocycles. The Morgan fingerprint density at radius 3 is 2.53 bits per heavy atom. The summed E-state index contributed by atoms with van der Waals surface area (Å²) in [5, 5.41) is 17.4. The minimum absolute atomic E-state index is 0.233. The molecule has 2 N–H and O–H groups in total. The molecule has 0 aromatic rings. The van der Waals surface area contributed by atoms with E-state index in [1.54, 1.807) is 0 Å². The van der Waals surface area contributed by atoms with Crippen LogP contribution in [0.15, 0.2) is 0 Å². The number of unbranched alkanes of at least 4 members (excludes halogenated alkanes) is 1. The highest BCUT2D eigenvalue weighted by Gasteiger charge is 2.21. The van der Waals surface area contributed by atoms with Gasteiger partial charge >= 0.3 is 6.09 Å². The molecule has 5 heteroatoms. The Kier molecular flexibility index (Phi) is 6.96. The molecule has 1 rings (SSSR count). The molecule has 1 aliphatic rings. The third-order valence-corrected chi connectivity index (χ3v) is 3.25. The van der Waals surface area contributed by atoms with E-state index in [4.69, 9.17) is 14.9 Å². The van der Waals surface area contributed by atoms with Gasteiger partial charge in [-0.05, 0) is 38.0 Å². The van der Waals surface area contributed by atoms with E-state index in [0.29, 0.717) is 25.6 Å². The molecule has 1 amide bonds. The van der Waals surface area contributed by atoms with Gasteiger partial charge in [-0.15, -0.1) is 0 Å². The summed E-state index contributed by atoms with van der Waals surface area (Å²) < 4.78 is 5.47. The van der Waals surface area contributed by atoms with Crippen molar-refractivity contribution in [2.45, 2.75) is 32.1 Å². The van der Waals surface area contributed by atoms with Crippen molar-refractivity contribution in [2.24, 2.45) is 5.92 Å². The second kappa shape index (κ2) is 8.31. The van der Waals surface area contributed by atoms with Gasteiger partial charge in [0.05, 0.1) is 0 Å². The largest absolute Gasteiger partial charge is 0.465 e. The Balaban J connectivity index is 1.97. The molecular weight excluding hydrogens is 222 g/mol. The minimum Gasteiger partial charge on any atom is -0.465 e. The molecule has 0 spiro atoms. The van der Waals surface area contributed by atoms with Crippen LogP contribution in [0.25, 0.3) is 0 Å². The van der Waals surface area contributed by atoms with Crippen molar-refractivity contribution in [3.05, 3.63) is 0 Å². The predicted molar refractivity (Wildman–Crippen MR) is 64.1 cm³/mol. The van der Waals surface area contributed by atoms with Crippen molar-refractivity contribution in [2.75, 3.05) is 32.9 Å². The number of carboxylic acid groups (broad SMARTS) is 1. The number of hydrogen-bond donors (Lipinski definition) is 2. The number of piperidine rings is 1.